The van der Waals surface area contributed by atoms with Gasteiger partial charge in [0.15, 0.2) is 5.13 Å². The van der Waals surface area contributed by atoms with Gasteiger partial charge in [-0.2, -0.15) is 0 Å². The Hall–Kier alpha value is -1.30. The number of fused-ring (bicyclic) bond motifs is 1. The first kappa shape index (κ1) is 10.8. The molecule has 17 heavy (non-hydrogen) atoms. The normalized spacial score (nSPS) is 19.8. The minimum atomic E-state index is -2.51. The molecule has 1 aliphatic rings. The molecule has 3 heterocycles. The van der Waals surface area contributed by atoms with E-state index in [1.165, 1.54) is 11.3 Å². The zero-order chi connectivity index (χ0) is 11.9. The number of aromatic nitrogens is 2. The fraction of sp³-hybridized carbons (Fsp3) is 0.455. The molecule has 1 aliphatic heterocycles. The monoisotopic (exact) mass is 255 g/mol. The first-order chi connectivity index (χ1) is 8.14. The first-order valence-corrected chi connectivity index (χ1v) is 6.29. The quantitative estimate of drug-likeness (QED) is 0.784. The Morgan fingerprint density at radius 2 is 2.06 bits per heavy atom. The van der Waals surface area contributed by atoms with Crippen molar-refractivity contribution in [2.24, 2.45) is 0 Å². The summed E-state index contributed by atoms with van der Waals surface area (Å²) in [5.41, 5.74) is 0.838. The molecule has 90 valence electrons. The van der Waals surface area contributed by atoms with E-state index in [1.54, 1.807) is 12.4 Å². The van der Waals surface area contributed by atoms with Crippen LogP contribution in [0.25, 0.3) is 10.2 Å². The van der Waals surface area contributed by atoms with E-state index in [0.29, 0.717) is 13.1 Å². The molecule has 0 bridgehead atoms. The van der Waals surface area contributed by atoms with Crippen molar-refractivity contribution >= 4 is 26.7 Å². The fourth-order valence-electron chi connectivity index (χ4n) is 1.93. The molecule has 0 radical (unpaired) electrons. The van der Waals surface area contributed by atoms with Crippen LogP contribution in [0, 0.1) is 0 Å². The van der Waals surface area contributed by atoms with Crippen LogP contribution in [0.4, 0.5) is 13.9 Å². The molecule has 0 saturated carbocycles. The molecule has 6 heteroatoms. The van der Waals surface area contributed by atoms with Crippen LogP contribution in [-0.4, -0.2) is 29.0 Å². The fourth-order valence-corrected chi connectivity index (χ4v) is 2.91. The van der Waals surface area contributed by atoms with Crippen molar-refractivity contribution in [1.82, 2.24) is 9.97 Å². The molecule has 1 saturated heterocycles. The van der Waals surface area contributed by atoms with Crippen LogP contribution in [0.15, 0.2) is 18.5 Å². The molecular weight excluding hydrogens is 244 g/mol. The van der Waals surface area contributed by atoms with Gasteiger partial charge >= 0.3 is 0 Å². The smallest absolute Gasteiger partial charge is 0.251 e. The summed E-state index contributed by atoms with van der Waals surface area (Å²) in [7, 11) is 0. The maximum absolute atomic E-state index is 13.0. The standard InChI is InChI=1S/C11H11F2N3S/c12-11(13)2-5-16(6-3-11)10-15-8-7-14-4-1-9(8)17-10/h1,4,7H,2-3,5-6H2. The molecule has 0 aliphatic carbocycles. The van der Waals surface area contributed by atoms with Crippen molar-refractivity contribution in [1.29, 1.82) is 0 Å². The van der Waals surface area contributed by atoms with Gasteiger partial charge in [0.25, 0.3) is 5.92 Å². The zero-order valence-electron chi connectivity index (χ0n) is 9.07. The highest BCUT2D eigenvalue weighted by molar-refractivity contribution is 7.22. The Morgan fingerprint density at radius 3 is 2.76 bits per heavy atom. The van der Waals surface area contributed by atoms with Crippen molar-refractivity contribution in [2.45, 2.75) is 18.8 Å². The molecule has 2 aromatic rings. The number of thiazole rings is 1. The lowest BCUT2D eigenvalue weighted by atomic mass is 10.1. The predicted molar refractivity (Wildman–Crippen MR) is 63.8 cm³/mol. The second-order valence-corrected chi connectivity index (χ2v) is 5.19. The summed E-state index contributed by atoms with van der Waals surface area (Å²) in [6.45, 7) is 0.750. The Balaban J connectivity index is 1.85. The van der Waals surface area contributed by atoms with Gasteiger partial charge in [-0.05, 0) is 6.07 Å². The molecule has 0 spiro atoms. The van der Waals surface area contributed by atoms with Crippen molar-refractivity contribution in [2.75, 3.05) is 18.0 Å². The molecule has 1 fully saturated rings. The van der Waals surface area contributed by atoms with Gasteiger partial charge in [-0.15, -0.1) is 0 Å². The molecule has 0 amide bonds. The number of halogens is 2. The number of anilines is 1. The lowest BCUT2D eigenvalue weighted by molar-refractivity contribution is -0.0220. The van der Waals surface area contributed by atoms with E-state index in [4.69, 9.17) is 0 Å². The number of piperidine rings is 1. The Labute approximate surface area is 101 Å². The Kier molecular flexibility index (Phi) is 2.47. The van der Waals surface area contributed by atoms with Crippen molar-refractivity contribution in [3.8, 4) is 0 Å². The molecule has 0 atom stereocenters. The van der Waals surface area contributed by atoms with Crippen molar-refractivity contribution in [3.63, 3.8) is 0 Å². The molecular formula is C11H11F2N3S. The van der Waals surface area contributed by atoms with Gasteiger partial charge in [0.1, 0.15) is 5.52 Å². The second-order valence-electron chi connectivity index (χ2n) is 4.18. The van der Waals surface area contributed by atoms with Crippen LogP contribution in [0.3, 0.4) is 0 Å². The lowest BCUT2D eigenvalue weighted by Crippen LogP contribution is -2.39. The Bertz CT molecular complexity index is 497. The largest absolute Gasteiger partial charge is 0.348 e. The number of rotatable bonds is 1. The van der Waals surface area contributed by atoms with Gasteiger partial charge in [0.05, 0.1) is 10.9 Å². The third-order valence-corrected chi connectivity index (χ3v) is 4.04. The van der Waals surface area contributed by atoms with Crippen LogP contribution in [0.1, 0.15) is 12.8 Å². The number of hydrogen-bond acceptors (Lipinski definition) is 4. The summed E-state index contributed by atoms with van der Waals surface area (Å²) < 4.78 is 27.1. The van der Waals surface area contributed by atoms with E-state index in [0.717, 1.165) is 15.3 Å². The zero-order valence-corrected chi connectivity index (χ0v) is 9.88. The maximum Gasteiger partial charge on any atom is 0.251 e. The van der Waals surface area contributed by atoms with Crippen LogP contribution in [0.5, 0.6) is 0 Å². The topological polar surface area (TPSA) is 29.0 Å². The molecule has 3 rings (SSSR count). The van der Waals surface area contributed by atoms with Crippen LogP contribution in [-0.2, 0) is 0 Å². The van der Waals surface area contributed by atoms with Crippen LogP contribution >= 0.6 is 11.3 Å². The van der Waals surface area contributed by atoms with Gasteiger partial charge in [0.2, 0.25) is 0 Å². The maximum atomic E-state index is 13.0. The summed E-state index contributed by atoms with van der Waals surface area (Å²) in [4.78, 5) is 10.4. The summed E-state index contributed by atoms with van der Waals surface area (Å²) >= 11 is 1.53. The minimum Gasteiger partial charge on any atom is -0.348 e. The molecule has 3 nitrogen and oxygen atoms in total. The van der Waals surface area contributed by atoms with E-state index in [-0.39, 0.29) is 12.8 Å². The highest BCUT2D eigenvalue weighted by Gasteiger charge is 2.34. The summed E-state index contributed by atoms with van der Waals surface area (Å²) in [6.07, 6.45) is 3.25. The van der Waals surface area contributed by atoms with Gasteiger partial charge in [-0.3, -0.25) is 4.98 Å². The van der Waals surface area contributed by atoms with E-state index >= 15 is 0 Å². The van der Waals surface area contributed by atoms with E-state index < -0.39 is 5.92 Å². The minimum absolute atomic E-state index is 0.0822. The number of alkyl halides is 2. The molecule has 0 unspecified atom stereocenters. The number of pyridine rings is 1. The second kappa shape index (κ2) is 3.87. The van der Waals surface area contributed by atoms with Crippen LogP contribution < -0.4 is 4.90 Å². The average Bonchev–Trinajstić information content (AvgIpc) is 2.72. The van der Waals surface area contributed by atoms with Crippen molar-refractivity contribution in [3.05, 3.63) is 18.5 Å². The SMILES string of the molecule is FC1(F)CCN(c2nc3cnccc3s2)CC1. The highest BCUT2D eigenvalue weighted by atomic mass is 32.1. The predicted octanol–water partition coefficient (Wildman–Crippen LogP) is 2.93. The van der Waals surface area contributed by atoms with E-state index in [2.05, 4.69) is 9.97 Å². The van der Waals surface area contributed by atoms with Gasteiger partial charge in [0, 0.05) is 32.1 Å². The molecule has 0 N–H and O–H groups in total. The number of nitrogens with zero attached hydrogens (tertiary/aromatic N) is 3. The summed E-state index contributed by atoms with van der Waals surface area (Å²) in [5.74, 6) is -2.51. The number of hydrogen-bond donors (Lipinski definition) is 0. The molecule has 0 aromatic carbocycles. The van der Waals surface area contributed by atoms with Gasteiger partial charge < -0.3 is 4.90 Å². The van der Waals surface area contributed by atoms with Crippen LogP contribution in [0.2, 0.25) is 0 Å². The lowest BCUT2D eigenvalue weighted by Gasteiger charge is -2.31. The third-order valence-electron chi connectivity index (χ3n) is 2.94. The summed E-state index contributed by atoms with van der Waals surface area (Å²) in [5, 5.41) is 0.823. The third kappa shape index (κ3) is 2.09. The van der Waals surface area contributed by atoms with Crippen molar-refractivity contribution < 1.29 is 8.78 Å². The van der Waals surface area contributed by atoms with Gasteiger partial charge in [-0.25, -0.2) is 13.8 Å². The van der Waals surface area contributed by atoms with Gasteiger partial charge in [-0.1, -0.05) is 11.3 Å². The first-order valence-electron chi connectivity index (χ1n) is 5.47. The summed E-state index contributed by atoms with van der Waals surface area (Å²) in [6, 6.07) is 1.90. The highest BCUT2D eigenvalue weighted by Crippen LogP contribution is 2.34. The van der Waals surface area contributed by atoms with E-state index in [1.807, 2.05) is 11.0 Å². The molecule has 2 aromatic heterocycles. The Morgan fingerprint density at radius 1 is 1.29 bits per heavy atom. The average molecular weight is 255 g/mol. The van der Waals surface area contributed by atoms with E-state index in [9.17, 15) is 8.78 Å².